The molecule has 0 spiro atoms. The number of benzene rings is 1. The summed E-state index contributed by atoms with van der Waals surface area (Å²) in [7, 11) is 0. The first kappa shape index (κ1) is 29.3. The number of nitrogens with one attached hydrogen (secondary N) is 1. The highest BCUT2D eigenvalue weighted by atomic mass is 35.5. The van der Waals surface area contributed by atoms with Crippen molar-refractivity contribution >= 4 is 35.0 Å². The van der Waals surface area contributed by atoms with Crippen LogP contribution >= 0.6 is 23.2 Å². The van der Waals surface area contributed by atoms with E-state index in [4.69, 9.17) is 27.9 Å². The number of allylic oxidation sites excluding steroid dienone is 1. The minimum absolute atomic E-state index is 0.0694. The molecule has 216 valence electrons. The summed E-state index contributed by atoms with van der Waals surface area (Å²) in [4.78, 5) is 12.7. The minimum atomic E-state index is -0.413. The van der Waals surface area contributed by atoms with Gasteiger partial charge < -0.3 is 4.74 Å². The van der Waals surface area contributed by atoms with Crippen molar-refractivity contribution in [2.24, 2.45) is 46.3 Å². The molecule has 4 aliphatic carbocycles. The van der Waals surface area contributed by atoms with Gasteiger partial charge in [-0.05, 0) is 109 Å². The number of halogens is 2. The highest BCUT2D eigenvalue weighted by Gasteiger charge is 2.59. The van der Waals surface area contributed by atoms with E-state index in [2.05, 4.69) is 46.0 Å². The molecule has 1 N–H and O–H groups in total. The Morgan fingerprint density at radius 1 is 1.03 bits per heavy atom. The minimum Gasteiger partial charge on any atom is -0.446 e. The van der Waals surface area contributed by atoms with E-state index in [1.165, 1.54) is 51.4 Å². The zero-order valence-corrected chi connectivity index (χ0v) is 26.2. The van der Waals surface area contributed by atoms with E-state index in [9.17, 15) is 4.79 Å². The summed E-state index contributed by atoms with van der Waals surface area (Å²) < 4.78 is 5.90. The number of carbonyl (C=O) groups excluding carboxylic acids is 1. The fourth-order valence-corrected chi connectivity index (χ4v) is 9.92. The van der Waals surface area contributed by atoms with Gasteiger partial charge in [0.05, 0.1) is 10.0 Å². The molecule has 3 saturated carbocycles. The fraction of sp³-hybridized carbons (Fsp3) is 0.735. The number of carbonyl (C=O) groups is 1. The topological polar surface area (TPSA) is 38.3 Å². The third-order valence-corrected chi connectivity index (χ3v) is 12.4. The van der Waals surface area contributed by atoms with E-state index in [1.807, 2.05) is 0 Å². The van der Waals surface area contributed by atoms with Gasteiger partial charge in [-0.3, -0.25) is 5.32 Å². The average Bonchev–Trinajstić information content (AvgIpc) is 3.23. The van der Waals surface area contributed by atoms with E-state index >= 15 is 0 Å². The van der Waals surface area contributed by atoms with Crippen LogP contribution in [0.25, 0.3) is 0 Å². The highest BCUT2D eigenvalue weighted by molar-refractivity contribution is 6.42. The van der Waals surface area contributed by atoms with E-state index < -0.39 is 6.09 Å². The molecule has 4 aliphatic rings. The predicted molar refractivity (Wildman–Crippen MR) is 163 cm³/mol. The Balaban J connectivity index is 1.21. The molecule has 1 aromatic rings. The number of amides is 1. The first-order chi connectivity index (χ1) is 18.5. The number of rotatable bonds is 7. The van der Waals surface area contributed by atoms with Gasteiger partial charge in [0.15, 0.2) is 0 Å². The maximum Gasteiger partial charge on any atom is 0.411 e. The summed E-state index contributed by atoms with van der Waals surface area (Å²) >= 11 is 12.1. The molecule has 0 bridgehead atoms. The lowest BCUT2D eigenvalue weighted by atomic mass is 9.47. The monoisotopic (exact) mass is 573 g/mol. The summed E-state index contributed by atoms with van der Waals surface area (Å²) in [5.41, 5.74) is 2.92. The second-order valence-corrected chi connectivity index (χ2v) is 15.1. The number of fused-ring (bicyclic) bond motifs is 5. The quantitative estimate of drug-likeness (QED) is 0.329. The first-order valence-electron chi connectivity index (χ1n) is 15.6. The molecule has 1 amide bonds. The third-order valence-electron chi connectivity index (χ3n) is 11.7. The standard InChI is InChI=1S/C34H49Cl2NO2/c1-21(2)7-6-8-22(3)27-12-13-28-26-11-9-23-19-25(15-17-33(23,4)29(26)16-18-34(27,28)5)39-32(38)37-24-10-14-30(35)31(36)20-24/h9-10,14,20-22,25-29H,6-8,11-13,15-19H2,1-5H3,(H,37,38)/t22-,25+,26+,27-,28+,29+,33+,34-/m1/s1. The van der Waals surface area contributed by atoms with Gasteiger partial charge in [-0.2, -0.15) is 0 Å². The molecule has 0 unspecified atom stereocenters. The Kier molecular flexibility index (Phi) is 8.71. The van der Waals surface area contributed by atoms with Gasteiger partial charge in [-0.15, -0.1) is 0 Å². The average molecular weight is 575 g/mol. The van der Waals surface area contributed by atoms with Crippen molar-refractivity contribution in [3.8, 4) is 0 Å². The molecule has 0 saturated heterocycles. The second-order valence-electron chi connectivity index (χ2n) is 14.3. The maximum absolute atomic E-state index is 12.7. The van der Waals surface area contributed by atoms with Gasteiger partial charge >= 0.3 is 6.09 Å². The van der Waals surface area contributed by atoms with E-state index in [0.29, 0.717) is 21.1 Å². The number of hydrogen-bond acceptors (Lipinski definition) is 2. The molecule has 0 aliphatic heterocycles. The lowest BCUT2D eigenvalue weighted by Gasteiger charge is -2.58. The van der Waals surface area contributed by atoms with Crippen LogP contribution in [0.4, 0.5) is 10.5 Å². The zero-order valence-electron chi connectivity index (χ0n) is 24.7. The van der Waals surface area contributed by atoms with E-state index in [1.54, 1.807) is 23.8 Å². The van der Waals surface area contributed by atoms with E-state index in [0.717, 1.165) is 54.8 Å². The fourth-order valence-electron chi connectivity index (χ4n) is 9.63. The van der Waals surface area contributed by atoms with Crippen LogP contribution in [0.1, 0.15) is 105 Å². The van der Waals surface area contributed by atoms with Crippen molar-refractivity contribution in [1.29, 1.82) is 0 Å². The molecule has 5 rings (SSSR count). The highest BCUT2D eigenvalue weighted by Crippen LogP contribution is 2.67. The van der Waals surface area contributed by atoms with Crippen LogP contribution in [0, 0.1) is 46.3 Å². The largest absolute Gasteiger partial charge is 0.446 e. The zero-order chi connectivity index (χ0) is 27.9. The second kappa shape index (κ2) is 11.6. The van der Waals surface area contributed by atoms with Crippen LogP contribution < -0.4 is 5.32 Å². The smallest absolute Gasteiger partial charge is 0.411 e. The molecular formula is C34H49Cl2NO2. The van der Waals surface area contributed by atoms with Crippen molar-refractivity contribution in [1.82, 2.24) is 0 Å². The Morgan fingerprint density at radius 3 is 2.56 bits per heavy atom. The van der Waals surface area contributed by atoms with Gasteiger partial charge in [0.1, 0.15) is 6.10 Å². The van der Waals surface area contributed by atoms with Crippen LogP contribution in [-0.4, -0.2) is 12.2 Å². The van der Waals surface area contributed by atoms with Crippen molar-refractivity contribution in [2.75, 3.05) is 5.32 Å². The SMILES string of the molecule is CC(C)CCC[C@@H](C)[C@H]1CC[C@H]2[C@@H]3CC=C4C[C@@H](OC(=O)Nc5ccc(Cl)c(Cl)c5)CC[C@]4(C)[C@H]3CC[C@]12C. The van der Waals surface area contributed by atoms with E-state index in [-0.39, 0.29) is 11.5 Å². The summed E-state index contributed by atoms with van der Waals surface area (Å²) in [6.07, 6.45) is 16.0. The van der Waals surface area contributed by atoms with Crippen LogP contribution in [0.15, 0.2) is 29.8 Å². The molecule has 39 heavy (non-hydrogen) atoms. The van der Waals surface area contributed by atoms with Crippen LogP contribution in [0.3, 0.4) is 0 Å². The van der Waals surface area contributed by atoms with Crippen molar-refractivity contribution in [2.45, 2.75) is 111 Å². The van der Waals surface area contributed by atoms with Gasteiger partial charge in [-0.25, -0.2) is 4.79 Å². The Bertz CT molecular complexity index is 1080. The molecule has 0 heterocycles. The number of ether oxygens (including phenoxy) is 1. The molecule has 8 atom stereocenters. The predicted octanol–water partition coefficient (Wildman–Crippen LogP) is 11.0. The first-order valence-corrected chi connectivity index (χ1v) is 16.4. The number of anilines is 1. The summed E-state index contributed by atoms with van der Waals surface area (Å²) in [5.74, 6) is 5.03. The third kappa shape index (κ3) is 5.78. The molecule has 3 fully saturated rings. The van der Waals surface area contributed by atoms with Crippen molar-refractivity contribution < 1.29 is 9.53 Å². The Labute approximate surface area is 246 Å². The lowest BCUT2D eigenvalue weighted by Crippen LogP contribution is -2.51. The molecule has 3 nitrogen and oxygen atoms in total. The Hall–Kier alpha value is -1.19. The van der Waals surface area contributed by atoms with Crippen LogP contribution in [0.5, 0.6) is 0 Å². The summed E-state index contributed by atoms with van der Waals surface area (Å²) in [6, 6.07) is 5.09. The van der Waals surface area contributed by atoms with Gasteiger partial charge in [0.25, 0.3) is 0 Å². The van der Waals surface area contributed by atoms with Crippen LogP contribution in [-0.2, 0) is 4.74 Å². The van der Waals surface area contributed by atoms with Gasteiger partial charge in [0.2, 0.25) is 0 Å². The lowest BCUT2D eigenvalue weighted by molar-refractivity contribution is -0.0577. The van der Waals surface area contributed by atoms with Gasteiger partial charge in [0, 0.05) is 12.1 Å². The summed E-state index contributed by atoms with van der Waals surface area (Å²) in [5, 5.41) is 3.71. The van der Waals surface area contributed by atoms with Gasteiger partial charge in [-0.1, -0.05) is 88.7 Å². The molecule has 5 heteroatoms. The number of hydrogen-bond donors (Lipinski definition) is 1. The maximum atomic E-state index is 12.7. The normalized spacial score (nSPS) is 36.4. The van der Waals surface area contributed by atoms with Crippen molar-refractivity contribution in [3.05, 3.63) is 39.9 Å². The van der Waals surface area contributed by atoms with Crippen molar-refractivity contribution in [3.63, 3.8) is 0 Å². The Morgan fingerprint density at radius 2 is 1.82 bits per heavy atom. The molecular weight excluding hydrogens is 525 g/mol. The summed E-state index contributed by atoms with van der Waals surface area (Å²) in [6.45, 7) is 12.5. The molecule has 0 radical (unpaired) electrons. The van der Waals surface area contributed by atoms with Crippen LogP contribution in [0.2, 0.25) is 10.0 Å². The molecule has 0 aromatic heterocycles. The molecule has 1 aromatic carbocycles.